The molecule has 0 atom stereocenters. The lowest BCUT2D eigenvalue weighted by molar-refractivity contribution is 0.198. The lowest BCUT2D eigenvalue weighted by Crippen LogP contribution is -1.98. The predicted octanol–water partition coefficient (Wildman–Crippen LogP) is 3.91. The maximum Gasteiger partial charge on any atom is 0.141 e. The molecular weight excluding hydrogens is 335 g/mol. The van der Waals surface area contributed by atoms with Crippen molar-refractivity contribution in [3.05, 3.63) is 48.0 Å². The monoisotopic (exact) mass is 356 g/mol. The van der Waals surface area contributed by atoms with Gasteiger partial charge >= 0.3 is 0 Å². The summed E-state index contributed by atoms with van der Waals surface area (Å²) in [6, 6.07) is 7.78. The third-order valence-corrected chi connectivity index (χ3v) is 4.03. The van der Waals surface area contributed by atoms with Crippen molar-refractivity contribution in [2.24, 2.45) is 0 Å². The first kappa shape index (κ1) is 17.9. The summed E-state index contributed by atoms with van der Waals surface area (Å²) in [5, 5.41) is 13.4. The SMILES string of the molecule is C1CCOC1.Cc1cc(Nc2ncnc3cc(O)c(N)cc23)ccc1F. The number of nitrogens with one attached hydrogen (secondary N) is 1. The first-order valence-electron chi connectivity index (χ1n) is 8.38. The van der Waals surface area contributed by atoms with Crippen molar-refractivity contribution in [1.82, 2.24) is 9.97 Å². The number of hydrogen-bond acceptors (Lipinski definition) is 6. The molecular formula is C19H21FN4O2. The van der Waals surface area contributed by atoms with Crippen molar-refractivity contribution in [2.45, 2.75) is 19.8 Å². The maximum atomic E-state index is 13.3. The van der Waals surface area contributed by atoms with E-state index in [-0.39, 0.29) is 17.3 Å². The molecule has 136 valence electrons. The van der Waals surface area contributed by atoms with Crippen LogP contribution in [0.1, 0.15) is 18.4 Å². The van der Waals surface area contributed by atoms with Crippen LogP contribution in [-0.4, -0.2) is 28.3 Å². The molecule has 2 aromatic carbocycles. The molecule has 0 bridgehead atoms. The van der Waals surface area contributed by atoms with E-state index in [1.807, 2.05) is 0 Å². The average molecular weight is 356 g/mol. The van der Waals surface area contributed by atoms with Crippen LogP contribution >= 0.6 is 0 Å². The molecule has 1 aromatic heterocycles. The number of phenols is 1. The van der Waals surface area contributed by atoms with Crippen molar-refractivity contribution < 1.29 is 14.2 Å². The van der Waals surface area contributed by atoms with E-state index in [2.05, 4.69) is 15.3 Å². The number of nitrogen functional groups attached to an aromatic ring is 1. The minimum atomic E-state index is -0.262. The van der Waals surface area contributed by atoms with Crippen molar-refractivity contribution >= 4 is 28.1 Å². The number of nitrogens with two attached hydrogens (primary N) is 1. The fraction of sp³-hybridized carbons (Fsp3) is 0.263. The van der Waals surface area contributed by atoms with E-state index < -0.39 is 0 Å². The van der Waals surface area contributed by atoms with Gasteiger partial charge in [-0.25, -0.2) is 14.4 Å². The van der Waals surface area contributed by atoms with E-state index in [4.69, 9.17) is 10.5 Å². The second-order valence-electron chi connectivity index (χ2n) is 6.06. The van der Waals surface area contributed by atoms with Gasteiger partial charge in [0.25, 0.3) is 0 Å². The number of rotatable bonds is 2. The first-order valence-corrected chi connectivity index (χ1v) is 8.38. The normalized spacial score (nSPS) is 13.3. The lowest BCUT2D eigenvalue weighted by Gasteiger charge is -2.10. The fourth-order valence-electron chi connectivity index (χ4n) is 2.58. The molecule has 0 unspecified atom stereocenters. The number of phenolic OH excluding ortho intramolecular Hbond substituents is 1. The number of benzene rings is 2. The molecule has 0 spiro atoms. The van der Waals surface area contributed by atoms with Crippen molar-refractivity contribution in [2.75, 3.05) is 24.3 Å². The van der Waals surface area contributed by atoms with Gasteiger partial charge in [0, 0.05) is 30.4 Å². The summed E-state index contributed by atoms with van der Waals surface area (Å²) < 4.78 is 18.2. The molecule has 1 saturated heterocycles. The summed E-state index contributed by atoms with van der Waals surface area (Å²) in [7, 11) is 0. The molecule has 0 amide bonds. The summed E-state index contributed by atoms with van der Waals surface area (Å²) in [4.78, 5) is 8.26. The van der Waals surface area contributed by atoms with Crippen LogP contribution in [0.4, 0.5) is 21.6 Å². The molecule has 0 aliphatic carbocycles. The highest BCUT2D eigenvalue weighted by Gasteiger charge is 2.08. The smallest absolute Gasteiger partial charge is 0.141 e. The van der Waals surface area contributed by atoms with Crippen LogP contribution in [0.15, 0.2) is 36.7 Å². The van der Waals surface area contributed by atoms with Crippen LogP contribution in [0.5, 0.6) is 5.75 Å². The van der Waals surface area contributed by atoms with Gasteiger partial charge in [-0.05, 0) is 49.6 Å². The highest BCUT2D eigenvalue weighted by atomic mass is 19.1. The Bertz CT molecular complexity index is 906. The number of aromatic hydroxyl groups is 1. The molecule has 0 radical (unpaired) electrons. The summed E-state index contributed by atoms with van der Waals surface area (Å²) >= 11 is 0. The van der Waals surface area contributed by atoms with E-state index in [9.17, 15) is 9.50 Å². The van der Waals surface area contributed by atoms with Crippen molar-refractivity contribution in [3.8, 4) is 5.75 Å². The lowest BCUT2D eigenvalue weighted by atomic mass is 10.1. The summed E-state index contributed by atoms with van der Waals surface area (Å²) in [5.41, 5.74) is 7.77. The van der Waals surface area contributed by atoms with Crippen molar-refractivity contribution in [1.29, 1.82) is 0 Å². The number of aromatic nitrogens is 2. The Morgan fingerprint density at radius 2 is 1.92 bits per heavy atom. The van der Waals surface area contributed by atoms with E-state index in [0.717, 1.165) is 13.2 Å². The summed E-state index contributed by atoms with van der Waals surface area (Å²) in [6.07, 6.45) is 3.94. The second-order valence-corrected chi connectivity index (χ2v) is 6.06. The molecule has 6 nitrogen and oxygen atoms in total. The Morgan fingerprint density at radius 1 is 1.15 bits per heavy atom. The zero-order valence-electron chi connectivity index (χ0n) is 14.5. The standard InChI is InChI=1S/C15H13FN4O.C4H8O/c1-8-4-9(2-3-11(8)16)20-15-10-5-12(17)14(21)6-13(10)18-7-19-15;1-2-4-5-3-1/h2-7,21H,17H2,1H3,(H,18,19,20);1-4H2. The minimum Gasteiger partial charge on any atom is -0.506 e. The van der Waals surface area contributed by atoms with Gasteiger partial charge in [0.15, 0.2) is 0 Å². The van der Waals surface area contributed by atoms with Gasteiger partial charge in [0.2, 0.25) is 0 Å². The van der Waals surface area contributed by atoms with Crippen LogP contribution in [0.25, 0.3) is 10.9 Å². The van der Waals surface area contributed by atoms with Gasteiger partial charge < -0.3 is 20.9 Å². The molecule has 4 rings (SSSR count). The Morgan fingerprint density at radius 3 is 2.58 bits per heavy atom. The van der Waals surface area contributed by atoms with Gasteiger partial charge in [-0.3, -0.25) is 0 Å². The number of fused-ring (bicyclic) bond motifs is 1. The molecule has 1 aliphatic heterocycles. The Hall–Kier alpha value is -2.93. The highest BCUT2D eigenvalue weighted by Crippen LogP contribution is 2.30. The van der Waals surface area contributed by atoms with E-state index >= 15 is 0 Å². The summed E-state index contributed by atoms with van der Waals surface area (Å²) in [6.45, 7) is 3.69. The summed E-state index contributed by atoms with van der Waals surface area (Å²) in [5.74, 6) is 0.254. The Labute approximate surface area is 150 Å². The average Bonchev–Trinajstić information content (AvgIpc) is 3.20. The first-order chi connectivity index (χ1) is 12.5. The molecule has 2 heterocycles. The maximum absolute atomic E-state index is 13.3. The minimum absolute atomic E-state index is 0.0234. The second kappa shape index (κ2) is 7.97. The third-order valence-electron chi connectivity index (χ3n) is 4.03. The number of anilines is 3. The Balaban J connectivity index is 0.000000339. The van der Waals surface area contributed by atoms with Crippen molar-refractivity contribution in [3.63, 3.8) is 0 Å². The van der Waals surface area contributed by atoms with Gasteiger partial charge in [0.1, 0.15) is 23.7 Å². The van der Waals surface area contributed by atoms with Crippen LogP contribution in [-0.2, 0) is 4.74 Å². The van der Waals surface area contributed by atoms with Crippen LogP contribution < -0.4 is 11.1 Å². The molecule has 0 saturated carbocycles. The number of hydrogen-bond donors (Lipinski definition) is 3. The van der Waals surface area contributed by atoms with E-state index in [1.165, 1.54) is 31.3 Å². The van der Waals surface area contributed by atoms with E-state index in [0.29, 0.717) is 28.0 Å². The highest BCUT2D eigenvalue weighted by molar-refractivity contribution is 5.94. The zero-order valence-corrected chi connectivity index (χ0v) is 14.5. The number of nitrogens with zero attached hydrogens (tertiary/aromatic N) is 2. The van der Waals surface area contributed by atoms with Gasteiger partial charge in [-0.2, -0.15) is 0 Å². The molecule has 4 N–H and O–H groups in total. The topological polar surface area (TPSA) is 93.3 Å². The predicted molar refractivity (Wildman–Crippen MR) is 100 cm³/mol. The van der Waals surface area contributed by atoms with Gasteiger partial charge in [-0.15, -0.1) is 0 Å². The van der Waals surface area contributed by atoms with Crippen LogP contribution in [0, 0.1) is 12.7 Å². The zero-order chi connectivity index (χ0) is 18.5. The Kier molecular flexibility index (Phi) is 5.48. The number of aryl methyl sites for hydroxylation is 1. The molecule has 1 aliphatic rings. The fourth-order valence-corrected chi connectivity index (χ4v) is 2.58. The number of halogens is 1. The van der Waals surface area contributed by atoms with Crippen LogP contribution in [0.2, 0.25) is 0 Å². The van der Waals surface area contributed by atoms with Gasteiger partial charge in [-0.1, -0.05) is 0 Å². The molecule has 7 heteroatoms. The van der Waals surface area contributed by atoms with Gasteiger partial charge in [0.05, 0.1) is 11.2 Å². The third kappa shape index (κ3) is 4.18. The molecule has 1 fully saturated rings. The largest absolute Gasteiger partial charge is 0.506 e. The quantitative estimate of drug-likeness (QED) is 0.476. The van der Waals surface area contributed by atoms with E-state index in [1.54, 1.807) is 25.1 Å². The van der Waals surface area contributed by atoms with Crippen LogP contribution in [0.3, 0.4) is 0 Å². The molecule has 3 aromatic rings. The molecule has 26 heavy (non-hydrogen) atoms. The number of ether oxygens (including phenoxy) is 1.